The molecule has 13 heavy (non-hydrogen) atoms. The van der Waals surface area contributed by atoms with Crippen molar-refractivity contribution in [1.29, 1.82) is 0 Å². The quantitative estimate of drug-likeness (QED) is 0.698. The molecule has 0 unspecified atom stereocenters. The molecule has 0 aliphatic rings. The summed E-state index contributed by atoms with van der Waals surface area (Å²) in [6, 6.07) is 4.02. The number of halogens is 3. The Labute approximate surface area is 101 Å². The van der Waals surface area contributed by atoms with Crippen LogP contribution in [0.2, 0.25) is 0 Å². The SMILES string of the molecule is Brc1cnc2c(C(Br)Br)cccn12. The number of nitrogens with zero attached hydrogens (tertiary/aromatic N) is 2. The lowest BCUT2D eigenvalue weighted by Gasteiger charge is -2.03. The van der Waals surface area contributed by atoms with Crippen LogP contribution < -0.4 is 0 Å². The maximum atomic E-state index is 4.30. The zero-order valence-corrected chi connectivity index (χ0v) is 11.2. The van der Waals surface area contributed by atoms with Crippen LogP contribution in [0, 0.1) is 0 Å². The van der Waals surface area contributed by atoms with Gasteiger partial charge in [-0.3, -0.25) is 4.40 Å². The summed E-state index contributed by atoms with van der Waals surface area (Å²) in [5.41, 5.74) is 2.07. The summed E-state index contributed by atoms with van der Waals surface area (Å²) in [5, 5.41) is 0. The Bertz CT molecular complexity index is 436. The number of aromatic nitrogens is 2. The zero-order valence-electron chi connectivity index (χ0n) is 6.42. The van der Waals surface area contributed by atoms with Crippen molar-refractivity contribution in [3.05, 3.63) is 34.7 Å². The molecule has 2 rings (SSSR count). The van der Waals surface area contributed by atoms with Crippen LogP contribution in [0.3, 0.4) is 0 Å². The van der Waals surface area contributed by atoms with Gasteiger partial charge in [-0.25, -0.2) is 4.98 Å². The van der Waals surface area contributed by atoms with E-state index in [1.165, 1.54) is 0 Å². The second-order valence-electron chi connectivity index (χ2n) is 2.54. The molecule has 5 heteroatoms. The van der Waals surface area contributed by atoms with Crippen molar-refractivity contribution in [2.75, 3.05) is 0 Å². The molecular weight excluding hydrogens is 364 g/mol. The third-order valence-corrected chi connectivity index (χ3v) is 3.33. The molecule has 2 aromatic heterocycles. The molecule has 2 aromatic rings. The molecule has 0 bridgehead atoms. The molecule has 2 heterocycles. The van der Waals surface area contributed by atoms with Gasteiger partial charge in [-0.15, -0.1) is 0 Å². The van der Waals surface area contributed by atoms with Gasteiger partial charge in [0.1, 0.15) is 10.3 Å². The molecule has 0 saturated carbocycles. The lowest BCUT2D eigenvalue weighted by atomic mass is 10.3. The van der Waals surface area contributed by atoms with Crippen LogP contribution in [0.5, 0.6) is 0 Å². The fraction of sp³-hybridized carbons (Fsp3) is 0.125. The first kappa shape index (κ1) is 9.68. The van der Waals surface area contributed by atoms with E-state index in [1.54, 1.807) is 6.20 Å². The molecule has 0 saturated heterocycles. The maximum Gasteiger partial charge on any atom is 0.142 e. The van der Waals surface area contributed by atoms with Gasteiger partial charge in [0.2, 0.25) is 0 Å². The summed E-state index contributed by atoms with van der Waals surface area (Å²) in [6.45, 7) is 0. The van der Waals surface area contributed by atoms with E-state index < -0.39 is 0 Å². The average Bonchev–Trinajstić information content (AvgIpc) is 2.48. The molecule has 0 N–H and O–H groups in total. The van der Waals surface area contributed by atoms with Crippen molar-refractivity contribution < 1.29 is 0 Å². The summed E-state index contributed by atoms with van der Waals surface area (Å²) in [7, 11) is 0. The number of fused-ring (bicyclic) bond motifs is 1. The predicted molar refractivity (Wildman–Crippen MR) is 63.5 cm³/mol. The Kier molecular flexibility index (Phi) is 2.76. The number of rotatable bonds is 1. The fourth-order valence-electron chi connectivity index (χ4n) is 1.17. The summed E-state index contributed by atoms with van der Waals surface area (Å²) in [6.07, 6.45) is 3.76. The zero-order chi connectivity index (χ0) is 9.42. The largest absolute Gasteiger partial charge is 0.294 e. The van der Waals surface area contributed by atoms with Gasteiger partial charge in [-0.05, 0) is 22.0 Å². The molecule has 0 radical (unpaired) electrons. The highest BCUT2D eigenvalue weighted by Gasteiger charge is 2.09. The molecule has 0 atom stereocenters. The first-order valence-electron chi connectivity index (χ1n) is 3.60. The highest BCUT2D eigenvalue weighted by molar-refractivity contribution is 9.24. The number of imidazole rings is 1. The maximum absolute atomic E-state index is 4.30. The first-order chi connectivity index (χ1) is 6.20. The van der Waals surface area contributed by atoms with Crippen molar-refractivity contribution in [2.45, 2.75) is 3.74 Å². The molecule has 0 aromatic carbocycles. The summed E-state index contributed by atoms with van der Waals surface area (Å²) in [5.74, 6) is 0. The highest BCUT2D eigenvalue weighted by atomic mass is 79.9. The Hall–Kier alpha value is 0.130. The van der Waals surface area contributed by atoms with E-state index in [9.17, 15) is 0 Å². The van der Waals surface area contributed by atoms with E-state index in [2.05, 4.69) is 52.8 Å². The van der Waals surface area contributed by atoms with Gasteiger partial charge in [0.05, 0.1) is 9.93 Å². The number of hydrogen-bond donors (Lipinski definition) is 0. The third kappa shape index (κ3) is 1.69. The average molecular weight is 369 g/mol. The second-order valence-corrected chi connectivity index (χ2v) is 6.41. The molecule has 0 amide bonds. The Morgan fingerprint density at radius 3 is 2.85 bits per heavy atom. The highest BCUT2D eigenvalue weighted by Crippen LogP contribution is 2.32. The second kappa shape index (κ2) is 3.71. The van der Waals surface area contributed by atoms with E-state index in [-0.39, 0.29) is 3.74 Å². The van der Waals surface area contributed by atoms with E-state index in [0.717, 1.165) is 15.8 Å². The van der Waals surface area contributed by atoms with Gasteiger partial charge in [0.15, 0.2) is 0 Å². The lowest BCUT2D eigenvalue weighted by Crippen LogP contribution is -1.90. The normalized spacial score (nSPS) is 11.4. The third-order valence-electron chi connectivity index (χ3n) is 1.76. The van der Waals surface area contributed by atoms with E-state index in [1.807, 2.05) is 22.7 Å². The molecule has 0 aliphatic carbocycles. The minimum Gasteiger partial charge on any atom is -0.294 e. The number of hydrogen-bond acceptors (Lipinski definition) is 1. The summed E-state index contributed by atoms with van der Waals surface area (Å²) in [4.78, 5) is 4.30. The van der Waals surface area contributed by atoms with Crippen molar-refractivity contribution in [2.24, 2.45) is 0 Å². The summed E-state index contributed by atoms with van der Waals surface area (Å²) >= 11 is 10.3. The Morgan fingerprint density at radius 1 is 1.38 bits per heavy atom. The van der Waals surface area contributed by atoms with Crippen LogP contribution in [0.4, 0.5) is 0 Å². The lowest BCUT2D eigenvalue weighted by molar-refractivity contribution is 1.13. The molecule has 0 aliphatic heterocycles. The number of alkyl halides is 2. The summed E-state index contributed by atoms with van der Waals surface area (Å²) < 4.78 is 3.09. The van der Waals surface area contributed by atoms with Gasteiger partial charge in [0.25, 0.3) is 0 Å². The Morgan fingerprint density at radius 2 is 2.15 bits per heavy atom. The first-order valence-corrected chi connectivity index (χ1v) is 6.22. The molecule has 2 nitrogen and oxygen atoms in total. The van der Waals surface area contributed by atoms with E-state index in [0.29, 0.717) is 0 Å². The van der Waals surface area contributed by atoms with Gasteiger partial charge < -0.3 is 0 Å². The van der Waals surface area contributed by atoms with Crippen molar-refractivity contribution >= 4 is 53.4 Å². The van der Waals surface area contributed by atoms with Crippen LogP contribution in [0.25, 0.3) is 5.65 Å². The van der Waals surface area contributed by atoms with Crippen LogP contribution in [0.1, 0.15) is 9.30 Å². The van der Waals surface area contributed by atoms with Crippen LogP contribution in [-0.4, -0.2) is 9.38 Å². The van der Waals surface area contributed by atoms with E-state index >= 15 is 0 Å². The predicted octanol–water partition coefficient (Wildman–Crippen LogP) is 3.89. The van der Waals surface area contributed by atoms with Crippen LogP contribution in [-0.2, 0) is 0 Å². The molecule has 0 spiro atoms. The standard InChI is InChI=1S/C8H5Br3N2/c9-6-4-12-8-5(7(10)11)2-1-3-13(6)8/h1-4,7H. The van der Waals surface area contributed by atoms with Crippen molar-refractivity contribution in [3.63, 3.8) is 0 Å². The monoisotopic (exact) mass is 366 g/mol. The van der Waals surface area contributed by atoms with Crippen molar-refractivity contribution in [3.8, 4) is 0 Å². The van der Waals surface area contributed by atoms with E-state index in [4.69, 9.17) is 0 Å². The minimum atomic E-state index is 0.137. The fourth-order valence-corrected chi connectivity index (χ4v) is 2.28. The number of pyridine rings is 1. The molecule has 0 fully saturated rings. The van der Waals surface area contributed by atoms with Crippen LogP contribution >= 0.6 is 47.8 Å². The Balaban J connectivity index is 2.77. The van der Waals surface area contributed by atoms with Gasteiger partial charge in [0, 0.05) is 11.8 Å². The van der Waals surface area contributed by atoms with Gasteiger partial charge in [-0.1, -0.05) is 37.9 Å². The smallest absolute Gasteiger partial charge is 0.142 e. The van der Waals surface area contributed by atoms with Gasteiger partial charge in [-0.2, -0.15) is 0 Å². The van der Waals surface area contributed by atoms with Crippen molar-refractivity contribution in [1.82, 2.24) is 9.38 Å². The minimum absolute atomic E-state index is 0.137. The topological polar surface area (TPSA) is 17.3 Å². The molecular formula is C8H5Br3N2. The van der Waals surface area contributed by atoms with Crippen LogP contribution in [0.15, 0.2) is 29.1 Å². The molecule has 68 valence electrons. The van der Waals surface area contributed by atoms with Gasteiger partial charge >= 0.3 is 0 Å².